The molecule has 82 valence electrons. The average molecular weight is 198 g/mol. The maximum Gasteiger partial charge on any atom is 0.240 e. The van der Waals surface area contributed by atoms with Crippen molar-refractivity contribution in [2.24, 2.45) is 0 Å². The van der Waals surface area contributed by atoms with Gasteiger partial charge in [0.05, 0.1) is 6.04 Å². The zero-order valence-electron chi connectivity index (χ0n) is 9.76. The summed E-state index contributed by atoms with van der Waals surface area (Å²) in [5.41, 5.74) is 0.0151. The molecule has 1 rings (SSSR count). The smallest absolute Gasteiger partial charge is 0.240 e. The van der Waals surface area contributed by atoms with Gasteiger partial charge in [0.1, 0.15) is 0 Å². The Labute approximate surface area is 86.9 Å². The minimum Gasteiger partial charge on any atom is -0.336 e. The number of likely N-dealkylation sites (tertiary alicyclic amines) is 1. The summed E-state index contributed by atoms with van der Waals surface area (Å²) in [6, 6.07) is 0.0609. The molecule has 1 saturated heterocycles. The molecule has 1 heterocycles. The Morgan fingerprint density at radius 2 is 2.14 bits per heavy atom. The van der Waals surface area contributed by atoms with Crippen LogP contribution in [0.2, 0.25) is 0 Å². The zero-order chi connectivity index (χ0) is 10.8. The van der Waals surface area contributed by atoms with Crippen molar-refractivity contribution in [3.8, 4) is 0 Å². The largest absolute Gasteiger partial charge is 0.336 e. The van der Waals surface area contributed by atoms with Crippen LogP contribution in [-0.2, 0) is 4.79 Å². The molecule has 0 saturated carbocycles. The molecule has 1 N–H and O–H groups in total. The first-order valence-corrected chi connectivity index (χ1v) is 5.57. The van der Waals surface area contributed by atoms with Gasteiger partial charge in [-0.2, -0.15) is 0 Å². The minimum atomic E-state index is 0.0151. The Hall–Kier alpha value is -0.570. The molecule has 1 aliphatic rings. The fourth-order valence-corrected chi connectivity index (χ4v) is 1.91. The highest BCUT2D eigenvalue weighted by Gasteiger charge is 2.38. The van der Waals surface area contributed by atoms with Crippen molar-refractivity contribution in [2.45, 2.75) is 52.1 Å². The SMILES string of the molecule is CCNC1CCN(C(C)(C)CC)C1=O. The van der Waals surface area contributed by atoms with Gasteiger partial charge in [-0.1, -0.05) is 13.8 Å². The third kappa shape index (κ3) is 2.08. The van der Waals surface area contributed by atoms with E-state index in [-0.39, 0.29) is 17.5 Å². The van der Waals surface area contributed by atoms with E-state index in [0.29, 0.717) is 0 Å². The molecule has 0 radical (unpaired) electrons. The molecular weight excluding hydrogens is 176 g/mol. The molecule has 0 aliphatic carbocycles. The highest BCUT2D eigenvalue weighted by molar-refractivity contribution is 5.84. The zero-order valence-corrected chi connectivity index (χ0v) is 9.76. The van der Waals surface area contributed by atoms with Crippen molar-refractivity contribution in [1.82, 2.24) is 10.2 Å². The van der Waals surface area contributed by atoms with Gasteiger partial charge in [-0.3, -0.25) is 4.79 Å². The summed E-state index contributed by atoms with van der Waals surface area (Å²) in [6.07, 6.45) is 1.97. The van der Waals surface area contributed by atoms with Crippen molar-refractivity contribution < 1.29 is 4.79 Å². The Morgan fingerprint density at radius 1 is 1.50 bits per heavy atom. The molecule has 14 heavy (non-hydrogen) atoms. The van der Waals surface area contributed by atoms with E-state index in [9.17, 15) is 4.79 Å². The monoisotopic (exact) mass is 198 g/mol. The van der Waals surface area contributed by atoms with E-state index in [4.69, 9.17) is 0 Å². The summed E-state index contributed by atoms with van der Waals surface area (Å²) in [7, 11) is 0. The first-order valence-electron chi connectivity index (χ1n) is 5.57. The number of rotatable bonds is 4. The molecule has 0 aromatic rings. The van der Waals surface area contributed by atoms with Crippen LogP contribution in [0, 0.1) is 0 Å². The number of amides is 1. The van der Waals surface area contributed by atoms with Crippen LogP contribution in [0.4, 0.5) is 0 Å². The number of carbonyl (C=O) groups excluding carboxylic acids is 1. The summed E-state index contributed by atoms with van der Waals surface area (Å²) in [6.45, 7) is 10.2. The van der Waals surface area contributed by atoms with E-state index < -0.39 is 0 Å². The van der Waals surface area contributed by atoms with E-state index in [1.807, 2.05) is 11.8 Å². The van der Waals surface area contributed by atoms with Crippen molar-refractivity contribution in [2.75, 3.05) is 13.1 Å². The van der Waals surface area contributed by atoms with Crippen LogP contribution in [-0.4, -0.2) is 35.5 Å². The second-order valence-electron chi connectivity index (χ2n) is 4.55. The van der Waals surface area contributed by atoms with Crippen molar-refractivity contribution in [1.29, 1.82) is 0 Å². The van der Waals surface area contributed by atoms with Gasteiger partial charge in [0.15, 0.2) is 0 Å². The van der Waals surface area contributed by atoms with Gasteiger partial charge in [-0.05, 0) is 33.2 Å². The lowest BCUT2D eigenvalue weighted by atomic mass is 10.00. The lowest BCUT2D eigenvalue weighted by Crippen LogP contribution is -2.48. The van der Waals surface area contributed by atoms with Gasteiger partial charge in [0, 0.05) is 12.1 Å². The summed E-state index contributed by atoms with van der Waals surface area (Å²) >= 11 is 0. The van der Waals surface area contributed by atoms with Crippen molar-refractivity contribution >= 4 is 5.91 Å². The standard InChI is InChI=1S/C11H22N2O/c1-5-11(3,4)13-8-7-9(10(13)14)12-6-2/h9,12H,5-8H2,1-4H3. The average Bonchev–Trinajstić information content (AvgIpc) is 2.50. The summed E-state index contributed by atoms with van der Waals surface area (Å²) in [5.74, 6) is 0.277. The van der Waals surface area contributed by atoms with Gasteiger partial charge in [-0.15, -0.1) is 0 Å². The molecule has 1 unspecified atom stereocenters. The molecular formula is C11H22N2O. The van der Waals surface area contributed by atoms with Gasteiger partial charge < -0.3 is 10.2 Å². The van der Waals surface area contributed by atoms with Crippen LogP contribution in [0.15, 0.2) is 0 Å². The molecule has 0 spiro atoms. The minimum absolute atomic E-state index is 0.0151. The van der Waals surface area contributed by atoms with Gasteiger partial charge >= 0.3 is 0 Å². The number of carbonyl (C=O) groups is 1. The van der Waals surface area contributed by atoms with Crippen LogP contribution in [0.25, 0.3) is 0 Å². The lowest BCUT2D eigenvalue weighted by molar-refractivity contribution is -0.134. The molecule has 3 heteroatoms. The molecule has 1 amide bonds. The Balaban J connectivity index is 2.64. The third-order valence-electron chi connectivity index (χ3n) is 3.25. The summed E-state index contributed by atoms with van der Waals surface area (Å²) < 4.78 is 0. The fourth-order valence-electron chi connectivity index (χ4n) is 1.91. The molecule has 0 bridgehead atoms. The predicted molar refractivity (Wildman–Crippen MR) is 58.2 cm³/mol. The highest BCUT2D eigenvalue weighted by atomic mass is 16.2. The Bertz CT molecular complexity index is 213. The fraction of sp³-hybridized carbons (Fsp3) is 0.909. The van der Waals surface area contributed by atoms with Crippen molar-refractivity contribution in [3.05, 3.63) is 0 Å². The van der Waals surface area contributed by atoms with Crippen LogP contribution in [0.5, 0.6) is 0 Å². The van der Waals surface area contributed by atoms with Crippen LogP contribution in [0.1, 0.15) is 40.5 Å². The Kier molecular flexibility index (Phi) is 3.53. The first kappa shape index (κ1) is 11.5. The maximum atomic E-state index is 12.0. The molecule has 1 atom stereocenters. The Morgan fingerprint density at radius 3 is 2.64 bits per heavy atom. The number of likely N-dealkylation sites (N-methyl/N-ethyl adjacent to an activating group) is 1. The van der Waals surface area contributed by atoms with Crippen LogP contribution < -0.4 is 5.32 Å². The number of hydrogen-bond donors (Lipinski definition) is 1. The predicted octanol–water partition coefficient (Wildman–Crippen LogP) is 1.39. The third-order valence-corrected chi connectivity index (χ3v) is 3.25. The summed E-state index contributed by atoms with van der Waals surface area (Å²) in [4.78, 5) is 14.0. The van der Waals surface area contributed by atoms with Crippen LogP contribution >= 0.6 is 0 Å². The summed E-state index contributed by atoms with van der Waals surface area (Å²) in [5, 5.41) is 3.23. The van der Waals surface area contributed by atoms with E-state index >= 15 is 0 Å². The van der Waals surface area contributed by atoms with E-state index in [1.165, 1.54) is 0 Å². The maximum absolute atomic E-state index is 12.0. The normalized spacial score (nSPS) is 23.3. The number of nitrogens with one attached hydrogen (secondary N) is 1. The van der Waals surface area contributed by atoms with Gasteiger partial charge in [-0.25, -0.2) is 0 Å². The van der Waals surface area contributed by atoms with Gasteiger partial charge in [0.25, 0.3) is 0 Å². The van der Waals surface area contributed by atoms with Crippen LogP contribution in [0.3, 0.4) is 0 Å². The topological polar surface area (TPSA) is 32.3 Å². The number of nitrogens with zero attached hydrogens (tertiary/aromatic N) is 1. The van der Waals surface area contributed by atoms with E-state index in [0.717, 1.165) is 25.9 Å². The quantitative estimate of drug-likeness (QED) is 0.740. The van der Waals surface area contributed by atoms with Crippen molar-refractivity contribution in [3.63, 3.8) is 0 Å². The first-order chi connectivity index (χ1) is 6.53. The van der Waals surface area contributed by atoms with E-state index in [2.05, 4.69) is 26.1 Å². The molecule has 3 nitrogen and oxygen atoms in total. The molecule has 1 fully saturated rings. The molecule has 0 aromatic carbocycles. The number of hydrogen-bond acceptors (Lipinski definition) is 2. The lowest BCUT2D eigenvalue weighted by Gasteiger charge is -2.35. The molecule has 0 aromatic heterocycles. The highest BCUT2D eigenvalue weighted by Crippen LogP contribution is 2.24. The van der Waals surface area contributed by atoms with Gasteiger partial charge in [0.2, 0.25) is 5.91 Å². The molecule has 1 aliphatic heterocycles. The van der Waals surface area contributed by atoms with E-state index in [1.54, 1.807) is 0 Å². The second kappa shape index (κ2) is 4.30. The second-order valence-corrected chi connectivity index (χ2v) is 4.55.